The molecule has 2 aliphatic heterocycles. The summed E-state index contributed by atoms with van der Waals surface area (Å²) in [5, 5.41) is 7.74. The van der Waals surface area contributed by atoms with E-state index in [1.165, 1.54) is 11.8 Å². The number of nitrogens with one attached hydrogen (secondary N) is 1. The van der Waals surface area contributed by atoms with Crippen LogP contribution in [-0.4, -0.2) is 34.6 Å². The van der Waals surface area contributed by atoms with E-state index in [9.17, 15) is 9.59 Å². The summed E-state index contributed by atoms with van der Waals surface area (Å²) in [6, 6.07) is 3.77. The molecule has 0 bridgehead atoms. The fraction of sp³-hybridized carbons (Fsp3) is 0.450. The summed E-state index contributed by atoms with van der Waals surface area (Å²) in [6.07, 6.45) is 1.12. The molecule has 0 saturated heterocycles. The highest BCUT2D eigenvalue weighted by Gasteiger charge is 2.41. The largest absolute Gasteiger partial charge is 0.463 e. The van der Waals surface area contributed by atoms with Crippen LogP contribution in [0.2, 0.25) is 0 Å². The second-order valence-corrected chi connectivity index (χ2v) is 8.50. The number of rotatable bonds is 7. The predicted octanol–water partition coefficient (Wildman–Crippen LogP) is 4.19. The Kier molecular flexibility index (Phi) is 6.61. The van der Waals surface area contributed by atoms with Gasteiger partial charge in [-0.25, -0.2) is 9.79 Å². The van der Waals surface area contributed by atoms with Crippen molar-refractivity contribution >= 4 is 40.1 Å². The highest BCUT2D eigenvalue weighted by atomic mass is 32.2. The number of allylic oxidation sites excluding steroid dienone is 1. The van der Waals surface area contributed by atoms with E-state index in [4.69, 9.17) is 4.74 Å². The zero-order valence-corrected chi connectivity index (χ0v) is 18.2. The van der Waals surface area contributed by atoms with Gasteiger partial charge >= 0.3 is 5.97 Å². The predicted molar refractivity (Wildman–Crippen MR) is 114 cm³/mol. The van der Waals surface area contributed by atoms with Crippen LogP contribution in [0.5, 0.6) is 0 Å². The first-order valence-electron chi connectivity index (χ1n) is 9.40. The van der Waals surface area contributed by atoms with Gasteiger partial charge in [-0.05, 0) is 44.0 Å². The van der Waals surface area contributed by atoms with E-state index in [2.05, 4.69) is 10.3 Å². The zero-order chi connectivity index (χ0) is 20.3. The molecule has 0 spiro atoms. The number of amides is 1. The van der Waals surface area contributed by atoms with E-state index >= 15 is 0 Å². The van der Waals surface area contributed by atoms with Crippen LogP contribution in [0, 0.1) is 0 Å². The number of esters is 1. The molecule has 1 N–H and O–H groups in total. The van der Waals surface area contributed by atoms with Gasteiger partial charge in [0.2, 0.25) is 5.91 Å². The molecular weight excluding hydrogens is 394 g/mol. The fourth-order valence-electron chi connectivity index (χ4n) is 3.15. The summed E-state index contributed by atoms with van der Waals surface area (Å²) in [6.45, 7) is 7.96. The number of thioether (sulfide) groups is 1. The second-order valence-electron chi connectivity index (χ2n) is 6.68. The lowest BCUT2D eigenvalue weighted by molar-refractivity contribution is -0.139. The van der Waals surface area contributed by atoms with Crippen molar-refractivity contribution in [1.82, 2.24) is 10.2 Å². The summed E-state index contributed by atoms with van der Waals surface area (Å²) < 4.78 is 5.32. The minimum absolute atomic E-state index is 0.0312. The minimum Gasteiger partial charge on any atom is -0.463 e. The first kappa shape index (κ1) is 20.7. The number of aliphatic imine (C=N–C) groups is 1. The molecule has 2 atom stereocenters. The number of hydrogen-bond donors (Lipinski definition) is 1. The molecule has 3 heterocycles. The van der Waals surface area contributed by atoms with Crippen molar-refractivity contribution in [2.24, 2.45) is 4.99 Å². The number of amidine groups is 1. The van der Waals surface area contributed by atoms with Gasteiger partial charge in [0, 0.05) is 16.6 Å². The van der Waals surface area contributed by atoms with Crippen LogP contribution in [-0.2, 0) is 14.3 Å². The van der Waals surface area contributed by atoms with Crippen molar-refractivity contribution in [2.75, 3.05) is 6.61 Å². The Balaban J connectivity index is 1.94. The average Bonchev–Trinajstić information content (AvgIpc) is 3.31. The maximum atomic E-state index is 12.7. The molecule has 150 valence electrons. The Bertz CT molecular complexity index is 843. The number of nitrogens with zero attached hydrogens (tertiary/aromatic N) is 2. The average molecular weight is 420 g/mol. The maximum Gasteiger partial charge on any atom is 0.338 e. The van der Waals surface area contributed by atoms with Crippen LogP contribution in [0.4, 0.5) is 0 Å². The molecule has 0 aromatic carbocycles. The molecule has 0 unspecified atom stereocenters. The smallest absolute Gasteiger partial charge is 0.338 e. The monoisotopic (exact) mass is 419 g/mol. The van der Waals surface area contributed by atoms with Crippen molar-refractivity contribution in [3.63, 3.8) is 0 Å². The van der Waals surface area contributed by atoms with Crippen molar-refractivity contribution in [3.05, 3.63) is 44.8 Å². The van der Waals surface area contributed by atoms with Crippen molar-refractivity contribution in [3.8, 4) is 0 Å². The highest BCUT2D eigenvalue weighted by Crippen LogP contribution is 2.45. The maximum absolute atomic E-state index is 12.7. The van der Waals surface area contributed by atoms with E-state index < -0.39 is 0 Å². The summed E-state index contributed by atoms with van der Waals surface area (Å²) >= 11 is 3.06. The standard InChI is InChI=1S/C20H25N3O3S2/c1-5-12(3)21-16(24)10-14-11-28-20-22-13(4)17(19(25)26-6-2)18(23(14)20)15-8-7-9-27-15/h7-9,11-12,18H,5-6,10H2,1-4H3,(H,21,24)/t12-,18+/m1/s1. The van der Waals surface area contributed by atoms with Gasteiger partial charge in [0.15, 0.2) is 5.17 Å². The van der Waals surface area contributed by atoms with Crippen LogP contribution < -0.4 is 5.32 Å². The molecule has 6 nitrogen and oxygen atoms in total. The molecule has 0 aliphatic carbocycles. The summed E-state index contributed by atoms with van der Waals surface area (Å²) in [5.74, 6) is -0.391. The second kappa shape index (κ2) is 8.96. The Hall–Kier alpha value is -2.06. The van der Waals surface area contributed by atoms with Gasteiger partial charge in [-0.2, -0.15) is 0 Å². The third kappa shape index (κ3) is 4.17. The quantitative estimate of drug-likeness (QED) is 0.671. The van der Waals surface area contributed by atoms with Crippen molar-refractivity contribution < 1.29 is 14.3 Å². The van der Waals surface area contributed by atoms with E-state index in [0.29, 0.717) is 17.9 Å². The van der Waals surface area contributed by atoms with E-state index in [0.717, 1.165) is 22.2 Å². The summed E-state index contributed by atoms with van der Waals surface area (Å²) in [7, 11) is 0. The van der Waals surface area contributed by atoms with Gasteiger partial charge in [0.05, 0.1) is 24.3 Å². The lowest BCUT2D eigenvalue weighted by Crippen LogP contribution is -2.38. The van der Waals surface area contributed by atoms with Crippen LogP contribution in [0.1, 0.15) is 51.5 Å². The lowest BCUT2D eigenvalue weighted by atomic mass is 9.99. The number of fused-ring (bicyclic) bond motifs is 1. The molecule has 28 heavy (non-hydrogen) atoms. The molecule has 3 rings (SSSR count). The third-order valence-electron chi connectivity index (χ3n) is 4.67. The first-order chi connectivity index (χ1) is 13.5. The van der Waals surface area contributed by atoms with E-state index in [-0.39, 0.29) is 30.4 Å². The van der Waals surface area contributed by atoms with E-state index in [1.807, 2.05) is 48.6 Å². The molecule has 0 fully saturated rings. The Morgan fingerprint density at radius 1 is 1.39 bits per heavy atom. The van der Waals surface area contributed by atoms with Crippen molar-refractivity contribution in [2.45, 2.75) is 52.6 Å². The summed E-state index contributed by atoms with van der Waals surface area (Å²) in [4.78, 5) is 32.9. The van der Waals surface area contributed by atoms with Gasteiger partial charge in [0.1, 0.15) is 6.04 Å². The third-order valence-corrected chi connectivity index (χ3v) is 6.48. The zero-order valence-electron chi connectivity index (χ0n) is 16.5. The number of ether oxygens (including phenoxy) is 1. The normalized spacial score (nSPS) is 19.7. The minimum atomic E-state index is -0.360. The molecule has 0 saturated carbocycles. The van der Waals surface area contributed by atoms with Gasteiger partial charge in [-0.15, -0.1) is 11.3 Å². The van der Waals surface area contributed by atoms with Crippen LogP contribution in [0.15, 0.2) is 44.9 Å². The highest BCUT2D eigenvalue weighted by molar-refractivity contribution is 8.16. The molecule has 1 amide bonds. The van der Waals surface area contributed by atoms with Crippen LogP contribution >= 0.6 is 23.1 Å². The van der Waals surface area contributed by atoms with Gasteiger partial charge < -0.3 is 15.0 Å². The van der Waals surface area contributed by atoms with Gasteiger partial charge in [-0.1, -0.05) is 24.8 Å². The number of carbonyl (C=O) groups is 2. The first-order valence-corrected chi connectivity index (χ1v) is 11.2. The number of thiophene rings is 1. The number of carbonyl (C=O) groups excluding carboxylic acids is 2. The molecule has 2 aliphatic rings. The lowest BCUT2D eigenvalue weighted by Gasteiger charge is -2.35. The summed E-state index contributed by atoms with van der Waals surface area (Å²) in [5.41, 5.74) is 2.04. The Labute approximate surface area is 173 Å². The topological polar surface area (TPSA) is 71.0 Å². The molecule has 1 aromatic heterocycles. The molecule has 8 heteroatoms. The van der Waals surface area contributed by atoms with Crippen molar-refractivity contribution in [1.29, 1.82) is 0 Å². The van der Waals surface area contributed by atoms with Crippen LogP contribution in [0.3, 0.4) is 0 Å². The van der Waals surface area contributed by atoms with E-state index in [1.54, 1.807) is 18.3 Å². The number of hydrogen-bond acceptors (Lipinski definition) is 7. The van der Waals surface area contributed by atoms with Gasteiger partial charge in [-0.3, -0.25) is 4.79 Å². The van der Waals surface area contributed by atoms with Gasteiger partial charge in [0.25, 0.3) is 0 Å². The molecule has 1 aromatic rings. The Morgan fingerprint density at radius 3 is 2.82 bits per heavy atom. The molecule has 0 radical (unpaired) electrons. The SMILES string of the molecule is CCOC(=O)C1=C(C)N=C2SC=C(CC(=O)N[C@H](C)CC)N2[C@H]1c1cccs1. The van der Waals surface area contributed by atoms with Crippen LogP contribution in [0.25, 0.3) is 0 Å². The Morgan fingerprint density at radius 2 is 2.18 bits per heavy atom. The fourth-order valence-corrected chi connectivity index (χ4v) is 4.94. The molecular formula is C20H25N3O3S2.